The van der Waals surface area contributed by atoms with E-state index in [2.05, 4.69) is 15.9 Å². The zero-order valence-corrected chi connectivity index (χ0v) is 8.42. The molecule has 4 heteroatoms. The van der Waals surface area contributed by atoms with E-state index in [-0.39, 0.29) is 5.56 Å². The fourth-order valence-electron chi connectivity index (χ4n) is 1.05. The van der Waals surface area contributed by atoms with Gasteiger partial charge in [0.05, 0.1) is 11.1 Å². The molecule has 13 heavy (non-hydrogen) atoms. The topological polar surface area (TPSA) is 61.1 Å². The lowest BCUT2D eigenvalue weighted by atomic mass is 10.0. The Morgan fingerprint density at radius 1 is 1.62 bits per heavy atom. The van der Waals surface area contributed by atoms with Gasteiger partial charge in [0.15, 0.2) is 0 Å². The molecule has 1 aromatic rings. The molecule has 1 N–H and O–H groups in total. The molecule has 0 heterocycles. The molecule has 1 rings (SSSR count). The van der Waals surface area contributed by atoms with E-state index in [0.29, 0.717) is 15.6 Å². The Bertz CT molecular complexity index is 407. The highest BCUT2D eigenvalue weighted by atomic mass is 79.9. The van der Waals surface area contributed by atoms with Crippen molar-refractivity contribution in [2.45, 2.75) is 6.92 Å². The molecule has 0 unspecified atom stereocenters. The van der Waals surface area contributed by atoms with Gasteiger partial charge in [0.1, 0.15) is 6.07 Å². The van der Waals surface area contributed by atoms with Gasteiger partial charge in [-0.25, -0.2) is 4.79 Å². The van der Waals surface area contributed by atoms with E-state index < -0.39 is 5.97 Å². The Balaban J connectivity index is 3.47. The molecule has 0 aromatic heterocycles. The highest BCUT2D eigenvalue weighted by molar-refractivity contribution is 9.10. The summed E-state index contributed by atoms with van der Waals surface area (Å²) in [4.78, 5) is 10.7. The van der Waals surface area contributed by atoms with Crippen molar-refractivity contribution < 1.29 is 9.90 Å². The summed E-state index contributed by atoms with van der Waals surface area (Å²) in [6, 6.07) is 4.99. The lowest BCUT2D eigenvalue weighted by molar-refractivity contribution is 0.0696. The second kappa shape index (κ2) is 3.58. The Morgan fingerprint density at radius 3 is 2.69 bits per heavy atom. The predicted molar refractivity (Wildman–Crippen MR) is 50.6 cm³/mol. The van der Waals surface area contributed by atoms with Gasteiger partial charge < -0.3 is 5.11 Å². The highest BCUT2D eigenvalue weighted by Gasteiger charge is 2.12. The van der Waals surface area contributed by atoms with Crippen molar-refractivity contribution in [2.75, 3.05) is 0 Å². The molecule has 66 valence electrons. The minimum Gasteiger partial charge on any atom is -0.478 e. The number of benzene rings is 1. The molecule has 0 aliphatic carbocycles. The van der Waals surface area contributed by atoms with Crippen molar-refractivity contribution in [3.8, 4) is 6.07 Å². The normalized spacial score (nSPS) is 9.31. The van der Waals surface area contributed by atoms with E-state index in [1.807, 2.05) is 6.07 Å². The molecule has 0 amide bonds. The van der Waals surface area contributed by atoms with Gasteiger partial charge >= 0.3 is 5.97 Å². The van der Waals surface area contributed by atoms with Crippen molar-refractivity contribution in [2.24, 2.45) is 0 Å². The number of halogens is 1. The largest absolute Gasteiger partial charge is 0.478 e. The van der Waals surface area contributed by atoms with E-state index in [4.69, 9.17) is 10.4 Å². The Morgan fingerprint density at radius 2 is 2.23 bits per heavy atom. The molecular formula is C9H6BrNO2. The fourth-order valence-corrected chi connectivity index (χ4v) is 1.57. The van der Waals surface area contributed by atoms with Crippen LogP contribution >= 0.6 is 15.9 Å². The van der Waals surface area contributed by atoms with Crippen molar-refractivity contribution >= 4 is 21.9 Å². The SMILES string of the molecule is Cc1c(C(=O)O)ccc(Br)c1C#N. The van der Waals surface area contributed by atoms with Crippen LogP contribution in [0.2, 0.25) is 0 Å². The number of carbonyl (C=O) groups is 1. The minimum atomic E-state index is -1.01. The summed E-state index contributed by atoms with van der Waals surface area (Å²) in [5.41, 5.74) is 1.03. The summed E-state index contributed by atoms with van der Waals surface area (Å²) in [5.74, 6) is -1.01. The number of aromatic carboxylic acids is 1. The third-order valence-electron chi connectivity index (χ3n) is 1.76. The summed E-state index contributed by atoms with van der Waals surface area (Å²) >= 11 is 3.18. The van der Waals surface area contributed by atoms with Gasteiger partial charge in [-0.05, 0) is 40.5 Å². The van der Waals surface area contributed by atoms with Crippen LogP contribution < -0.4 is 0 Å². The summed E-state index contributed by atoms with van der Waals surface area (Å²) in [5, 5.41) is 17.5. The smallest absolute Gasteiger partial charge is 0.335 e. The molecule has 0 saturated heterocycles. The quantitative estimate of drug-likeness (QED) is 0.819. The highest BCUT2D eigenvalue weighted by Crippen LogP contribution is 2.22. The van der Waals surface area contributed by atoms with Gasteiger partial charge in [0, 0.05) is 4.47 Å². The number of rotatable bonds is 1. The average Bonchev–Trinajstić information content (AvgIpc) is 2.04. The van der Waals surface area contributed by atoms with E-state index in [1.165, 1.54) is 6.07 Å². The Labute approximate surface area is 83.7 Å². The Hall–Kier alpha value is -1.34. The molecule has 3 nitrogen and oxygen atoms in total. The summed E-state index contributed by atoms with van der Waals surface area (Å²) in [7, 11) is 0. The van der Waals surface area contributed by atoms with E-state index >= 15 is 0 Å². The number of carboxylic acid groups (broad SMARTS) is 1. The third-order valence-corrected chi connectivity index (χ3v) is 2.42. The van der Waals surface area contributed by atoms with Crippen LogP contribution in [-0.2, 0) is 0 Å². The van der Waals surface area contributed by atoms with Gasteiger partial charge in [-0.3, -0.25) is 0 Å². The standard InChI is InChI=1S/C9H6BrNO2/c1-5-6(9(12)13)2-3-8(10)7(5)4-11/h2-3H,1H3,(H,12,13). The van der Waals surface area contributed by atoms with Crippen LogP contribution in [0.5, 0.6) is 0 Å². The maximum Gasteiger partial charge on any atom is 0.335 e. The first-order valence-electron chi connectivity index (χ1n) is 3.50. The van der Waals surface area contributed by atoms with Crippen molar-refractivity contribution in [1.82, 2.24) is 0 Å². The van der Waals surface area contributed by atoms with Crippen LogP contribution in [0.15, 0.2) is 16.6 Å². The van der Waals surface area contributed by atoms with Crippen molar-refractivity contribution in [3.05, 3.63) is 33.3 Å². The molecule has 0 aliphatic rings. The van der Waals surface area contributed by atoms with Gasteiger partial charge in [-0.2, -0.15) is 5.26 Å². The minimum absolute atomic E-state index is 0.166. The molecule has 0 spiro atoms. The second-order valence-corrected chi connectivity index (χ2v) is 3.37. The van der Waals surface area contributed by atoms with Crippen molar-refractivity contribution in [1.29, 1.82) is 5.26 Å². The number of nitrogens with zero attached hydrogens (tertiary/aromatic N) is 1. The maximum atomic E-state index is 10.7. The predicted octanol–water partition coefficient (Wildman–Crippen LogP) is 2.33. The first-order valence-corrected chi connectivity index (χ1v) is 4.29. The number of hydrogen-bond donors (Lipinski definition) is 1. The van der Waals surface area contributed by atoms with Crippen LogP contribution in [0, 0.1) is 18.3 Å². The zero-order chi connectivity index (χ0) is 10.0. The number of hydrogen-bond acceptors (Lipinski definition) is 2. The van der Waals surface area contributed by atoms with Crippen LogP contribution in [0.4, 0.5) is 0 Å². The third kappa shape index (κ3) is 1.70. The van der Waals surface area contributed by atoms with Gasteiger partial charge in [-0.15, -0.1) is 0 Å². The van der Waals surface area contributed by atoms with E-state index in [1.54, 1.807) is 13.0 Å². The lowest BCUT2D eigenvalue weighted by Gasteiger charge is -2.03. The van der Waals surface area contributed by atoms with Crippen LogP contribution in [-0.4, -0.2) is 11.1 Å². The van der Waals surface area contributed by atoms with Crippen LogP contribution in [0.25, 0.3) is 0 Å². The second-order valence-electron chi connectivity index (χ2n) is 2.51. The zero-order valence-electron chi connectivity index (χ0n) is 6.84. The molecule has 0 atom stereocenters. The van der Waals surface area contributed by atoms with Gasteiger partial charge in [0.2, 0.25) is 0 Å². The summed E-state index contributed by atoms with van der Waals surface area (Å²) < 4.78 is 0.623. The van der Waals surface area contributed by atoms with E-state index in [0.717, 1.165) is 0 Å². The number of carboxylic acids is 1. The number of nitriles is 1. The lowest BCUT2D eigenvalue weighted by Crippen LogP contribution is -2.01. The molecule has 0 bridgehead atoms. The van der Waals surface area contributed by atoms with Gasteiger partial charge in [0.25, 0.3) is 0 Å². The van der Waals surface area contributed by atoms with E-state index in [9.17, 15) is 4.79 Å². The molecule has 0 saturated carbocycles. The van der Waals surface area contributed by atoms with Crippen LogP contribution in [0.3, 0.4) is 0 Å². The molecule has 0 aliphatic heterocycles. The monoisotopic (exact) mass is 239 g/mol. The average molecular weight is 240 g/mol. The molecular weight excluding hydrogens is 234 g/mol. The van der Waals surface area contributed by atoms with Crippen LogP contribution in [0.1, 0.15) is 21.5 Å². The Kier molecular flexibility index (Phi) is 2.69. The first kappa shape index (κ1) is 9.75. The van der Waals surface area contributed by atoms with Crippen molar-refractivity contribution in [3.63, 3.8) is 0 Å². The molecule has 1 aromatic carbocycles. The molecule has 0 radical (unpaired) electrons. The van der Waals surface area contributed by atoms with Gasteiger partial charge in [-0.1, -0.05) is 0 Å². The molecule has 0 fully saturated rings. The maximum absolute atomic E-state index is 10.7. The first-order chi connectivity index (χ1) is 6.07. The summed E-state index contributed by atoms with van der Waals surface area (Å²) in [6.07, 6.45) is 0. The fraction of sp³-hybridized carbons (Fsp3) is 0.111. The summed E-state index contributed by atoms with van der Waals surface area (Å²) in [6.45, 7) is 1.62.